The number of anilines is 1. The van der Waals surface area contributed by atoms with Gasteiger partial charge in [-0.25, -0.2) is 13.1 Å². The molecule has 3 N–H and O–H groups in total. The molecule has 1 unspecified atom stereocenters. The first-order valence-corrected chi connectivity index (χ1v) is 7.67. The number of rotatable bonds is 3. The molecule has 0 saturated heterocycles. The molecule has 0 aliphatic heterocycles. The second-order valence-corrected chi connectivity index (χ2v) is 7.34. The van der Waals surface area contributed by atoms with E-state index in [1.807, 2.05) is 0 Å². The number of sulfonamides is 1. The van der Waals surface area contributed by atoms with Gasteiger partial charge < -0.3 is 5.73 Å². The maximum Gasteiger partial charge on any atom is 0.240 e. The maximum atomic E-state index is 12.2. The van der Waals surface area contributed by atoms with Crippen molar-refractivity contribution in [3.8, 4) is 0 Å². The van der Waals surface area contributed by atoms with Crippen molar-refractivity contribution in [2.24, 2.45) is 5.41 Å². The van der Waals surface area contributed by atoms with Crippen molar-refractivity contribution in [1.82, 2.24) is 4.72 Å². The Morgan fingerprint density at radius 1 is 1.28 bits per heavy atom. The van der Waals surface area contributed by atoms with E-state index in [0.29, 0.717) is 5.69 Å². The van der Waals surface area contributed by atoms with Crippen LogP contribution in [0.1, 0.15) is 33.1 Å². The predicted octanol–water partition coefficient (Wildman–Crippen LogP) is 2.13. The van der Waals surface area contributed by atoms with Crippen LogP contribution in [-0.2, 0) is 10.0 Å². The van der Waals surface area contributed by atoms with Crippen LogP contribution in [0.5, 0.6) is 0 Å². The van der Waals surface area contributed by atoms with Crippen molar-refractivity contribution < 1.29 is 8.42 Å². The van der Waals surface area contributed by atoms with E-state index in [0.717, 1.165) is 19.3 Å². The molecule has 1 aliphatic rings. The standard InChI is InChI=1S/C13H20N2O2S/c1-13(2)9-3-4-12(13)15-18(16,17)11-7-5-10(14)6-8-11/h5-8,12,15H,3-4,9,14H2,1-2H3. The Kier molecular flexibility index (Phi) is 3.38. The Morgan fingerprint density at radius 3 is 2.39 bits per heavy atom. The Hall–Kier alpha value is -1.07. The van der Waals surface area contributed by atoms with Crippen LogP contribution in [0.4, 0.5) is 5.69 Å². The molecule has 5 heteroatoms. The van der Waals surface area contributed by atoms with Crippen LogP contribution < -0.4 is 10.5 Å². The van der Waals surface area contributed by atoms with Crippen LogP contribution in [-0.4, -0.2) is 14.5 Å². The lowest BCUT2D eigenvalue weighted by molar-refractivity contribution is 0.313. The van der Waals surface area contributed by atoms with Gasteiger partial charge in [0.1, 0.15) is 0 Å². The molecule has 0 radical (unpaired) electrons. The van der Waals surface area contributed by atoms with Crippen LogP contribution >= 0.6 is 0 Å². The van der Waals surface area contributed by atoms with E-state index in [1.54, 1.807) is 24.3 Å². The molecule has 1 aromatic rings. The van der Waals surface area contributed by atoms with Crippen LogP contribution in [0.2, 0.25) is 0 Å². The zero-order valence-corrected chi connectivity index (χ0v) is 11.6. The molecule has 18 heavy (non-hydrogen) atoms. The Balaban J connectivity index is 2.20. The summed E-state index contributed by atoms with van der Waals surface area (Å²) in [6.45, 7) is 4.21. The molecule has 1 aliphatic carbocycles. The maximum absolute atomic E-state index is 12.2. The number of nitrogens with two attached hydrogens (primary N) is 1. The third-order valence-electron chi connectivity index (χ3n) is 3.75. The molecular weight excluding hydrogens is 248 g/mol. The molecule has 0 aromatic heterocycles. The van der Waals surface area contributed by atoms with Gasteiger partial charge in [0.15, 0.2) is 0 Å². The minimum atomic E-state index is -3.44. The largest absolute Gasteiger partial charge is 0.399 e. The smallest absolute Gasteiger partial charge is 0.240 e. The zero-order chi connectivity index (χ0) is 13.4. The van der Waals surface area contributed by atoms with Gasteiger partial charge in [-0.2, -0.15) is 0 Å². The highest BCUT2D eigenvalue weighted by Gasteiger charge is 2.37. The molecule has 4 nitrogen and oxygen atoms in total. The topological polar surface area (TPSA) is 72.2 Å². The highest BCUT2D eigenvalue weighted by Crippen LogP contribution is 2.37. The number of nitrogens with one attached hydrogen (secondary N) is 1. The van der Waals surface area contributed by atoms with Gasteiger partial charge in [-0.1, -0.05) is 20.3 Å². The van der Waals surface area contributed by atoms with E-state index in [-0.39, 0.29) is 16.4 Å². The second kappa shape index (κ2) is 4.55. The van der Waals surface area contributed by atoms with Gasteiger partial charge in [0.05, 0.1) is 4.90 Å². The second-order valence-electron chi connectivity index (χ2n) is 5.62. The third-order valence-corrected chi connectivity index (χ3v) is 5.23. The Labute approximate surface area is 109 Å². The quantitative estimate of drug-likeness (QED) is 0.825. The van der Waals surface area contributed by atoms with E-state index < -0.39 is 10.0 Å². The average molecular weight is 268 g/mol. The fourth-order valence-electron chi connectivity index (χ4n) is 2.45. The molecule has 0 heterocycles. The summed E-state index contributed by atoms with van der Waals surface area (Å²) >= 11 is 0. The van der Waals surface area contributed by atoms with Crippen molar-refractivity contribution in [2.45, 2.75) is 44.0 Å². The number of hydrogen-bond acceptors (Lipinski definition) is 3. The predicted molar refractivity (Wildman–Crippen MR) is 72.6 cm³/mol. The third kappa shape index (κ3) is 2.67. The molecule has 0 amide bonds. The van der Waals surface area contributed by atoms with Crippen molar-refractivity contribution in [1.29, 1.82) is 0 Å². The fraction of sp³-hybridized carbons (Fsp3) is 0.538. The minimum Gasteiger partial charge on any atom is -0.399 e. The minimum absolute atomic E-state index is 0.0139. The summed E-state index contributed by atoms with van der Waals surface area (Å²) in [5.74, 6) is 0. The van der Waals surface area contributed by atoms with Crippen molar-refractivity contribution in [3.63, 3.8) is 0 Å². The normalized spacial score (nSPS) is 23.1. The SMILES string of the molecule is CC1(C)CCCC1NS(=O)(=O)c1ccc(N)cc1. The van der Waals surface area contributed by atoms with E-state index in [4.69, 9.17) is 5.73 Å². The van der Waals surface area contributed by atoms with E-state index in [9.17, 15) is 8.42 Å². The Bertz CT molecular complexity index is 520. The summed E-state index contributed by atoms with van der Waals surface area (Å²) < 4.78 is 27.3. The number of benzene rings is 1. The summed E-state index contributed by atoms with van der Waals surface area (Å²) in [6.07, 6.45) is 3.03. The molecule has 2 rings (SSSR count). The van der Waals surface area contributed by atoms with Crippen LogP contribution in [0.15, 0.2) is 29.2 Å². The summed E-state index contributed by atoms with van der Waals surface area (Å²) in [6, 6.07) is 6.31. The van der Waals surface area contributed by atoms with E-state index in [1.165, 1.54) is 0 Å². The Morgan fingerprint density at radius 2 is 1.89 bits per heavy atom. The lowest BCUT2D eigenvalue weighted by atomic mass is 9.88. The van der Waals surface area contributed by atoms with Crippen LogP contribution in [0, 0.1) is 5.41 Å². The van der Waals surface area contributed by atoms with Gasteiger partial charge in [0, 0.05) is 11.7 Å². The lowest BCUT2D eigenvalue weighted by Gasteiger charge is -2.27. The fourth-order valence-corrected chi connectivity index (χ4v) is 3.89. The molecule has 100 valence electrons. The lowest BCUT2D eigenvalue weighted by Crippen LogP contribution is -2.41. The summed E-state index contributed by atoms with van der Waals surface area (Å²) in [5.41, 5.74) is 6.16. The average Bonchev–Trinajstić information content (AvgIpc) is 2.58. The highest BCUT2D eigenvalue weighted by atomic mass is 32.2. The molecule has 1 fully saturated rings. The molecule has 1 atom stereocenters. The van der Waals surface area contributed by atoms with Crippen molar-refractivity contribution in [2.75, 3.05) is 5.73 Å². The zero-order valence-electron chi connectivity index (χ0n) is 10.8. The van der Waals surface area contributed by atoms with Gasteiger partial charge in [0.25, 0.3) is 0 Å². The summed E-state index contributed by atoms with van der Waals surface area (Å²) in [7, 11) is -3.44. The number of hydrogen-bond donors (Lipinski definition) is 2. The summed E-state index contributed by atoms with van der Waals surface area (Å²) in [4.78, 5) is 0.277. The monoisotopic (exact) mass is 268 g/mol. The van der Waals surface area contributed by atoms with E-state index >= 15 is 0 Å². The van der Waals surface area contributed by atoms with Crippen LogP contribution in [0.25, 0.3) is 0 Å². The molecular formula is C13H20N2O2S. The molecule has 0 spiro atoms. The molecule has 1 saturated carbocycles. The van der Waals surface area contributed by atoms with Gasteiger partial charge in [-0.15, -0.1) is 0 Å². The van der Waals surface area contributed by atoms with Crippen molar-refractivity contribution >= 4 is 15.7 Å². The van der Waals surface area contributed by atoms with Crippen molar-refractivity contribution in [3.05, 3.63) is 24.3 Å². The van der Waals surface area contributed by atoms with Gasteiger partial charge >= 0.3 is 0 Å². The highest BCUT2D eigenvalue weighted by molar-refractivity contribution is 7.89. The van der Waals surface area contributed by atoms with Gasteiger partial charge in [0.2, 0.25) is 10.0 Å². The van der Waals surface area contributed by atoms with E-state index in [2.05, 4.69) is 18.6 Å². The first-order valence-electron chi connectivity index (χ1n) is 6.19. The summed E-state index contributed by atoms with van der Waals surface area (Å²) in [5, 5.41) is 0. The van der Waals surface area contributed by atoms with Crippen LogP contribution in [0.3, 0.4) is 0 Å². The molecule has 0 bridgehead atoms. The first kappa shape index (κ1) is 13.4. The number of nitrogen functional groups attached to an aromatic ring is 1. The van der Waals surface area contributed by atoms with Gasteiger partial charge in [-0.3, -0.25) is 0 Å². The first-order chi connectivity index (χ1) is 8.31. The molecule has 1 aromatic carbocycles. The van der Waals surface area contributed by atoms with Gasteiger partial charge in [-0.05, 0) is 42.5 Å².